The Hall–Kier alpha value is -5.92. The van der Waals surface area contributed by atoms with Crippen molar-refractivity contribution in [1.29, 1.82) is 0 Å². The molecule has 0 aliphatic carbocycles. The minimum absolute atomic E-state index is 0.0248. The Labute approximate surface area is 282 Å². The topological polar surface area (TPSA) is 13.1 Å². The molecule has 0 bridgehead atoms. The Kier molecular flexibility index (Phi) is 3.39. The van der Waals surface area contributed by atoms with Crippen molar-refractivity contribution >= 4 is 43.5 Å². The molecule has 0 atom stereocenters. The lowest BCUT2D eigenvalue weighted by Gasteiger charge is -2.20. The van der Waals surface area contributed by atoms with Crippen LogP contribution in [0.25, 0.3) is 88.0 Å². The lowest BCUT2D eigenvalue weighted by atomic mass is 9.82. The van der Waals surface area contributed by atoms with E-state index in [1.54, 1.807) is 78.9 Å². The predicted molar refractivity (Wildman–Crippen MR) is 190 cm³/mol. The van der Waals surface area contributed by atoms with E-state index in [1.165, 1.54) is 0 Å². The van der Waals surface area contributed by atoms with Gasteiger partial charge in [0.25, 0.3) is 0 Å². The van der Waals surface area contributed by atoms with Gasteiger partial charge in [-0.25, -0.2) is 0 Å². The average Bonchev–Trinajstić information content (AvgIpc) is 3.66. The van der Waals surface area contributed by atoms with Gasteiger partial charge in [-0.1, -0.05) is 157 Å². The molecule has 0 N–H and O–H groups in total. The first-order chi connectivity index (χ1) is 28.6. The second-order valence-electron chi connectivity index (χ2n) is 10.5. The van der Waals surface area contributed by atoms with Crippen LogP contribution < -0.4 is 0 Å². The van der Waals surface area contributed by atoms with E-state index in [0.29, 0.717) is 49.4 Å². The van der Waals surface area contributed by atoms with Gasteiger partial charge in [0.1, 0.15) is 11.2 Å². The van der Waals surface area contributed by atoms with Crippen molar-refractivity contribution in [2.24, 2.45) is 0 Å². The molecule has 210 valence electrons. The summed E-state index contributed by atoms with van der Waals surface area (Å²) < 4.78 is 138. The van der Waals surface area contributed by atoms with Crippen LogP contribution in [-0.2, 0) is 0 Å². The zero-order valence-corrected chi connectivity index (χ0v) is 23.4. The van der Waals surface area contributed by atoms with Gasteiger partial charge in [0.05, 0.1) is 20.6 Å². The highest BCUT2D eigenvalue weighted by Crippen LogP contribution is 2.50. The quantitative estimate of drug-likeness (QED) is 0.187. The average molecular weight is 588 g/mol. The van der Waals surface area contributed by atoms with Gasteiger partial charge in [0.2, 0.25) is 0 Å². The van der Waals surface area contributed by atoms with E-state index in [0.717, 1.165) is 0 Å². The number of hydrogen-bond donors (Lipinski definition) is 0. The maximum atomic E-state index is 9.46. The highest BCUT2D eigenvalue weighted by Gasteiger charge is 2.23. The highest BCUT2D eigenvalue weighted by molar-refractivity contribution is 6.27. The standard InChI is InChI=1S/C44H28O/c1-3-13-29(14-4-1)30-23-25-32(26-24-30)41-34-17-7-9-19-36(34)42(37-20-10-8-18-35(37)41)44-33(31-15-5-2-6-16-31)27-28-40-43(44)38-21-11-12-22-39(38)45-40/h1-28H/i1D,3D,4D,11D,12D,13D,14D,21D,22D,23D,24D,25D,26D,27D,28D. The van der Waals surface area contributed by atoms with E-state index in [4.69, 9.17) is 16.8 Å². The molecular formula is C44H28O. The van der Waals surface area contributed by atoms with Gasteiger partial charge in [0, 0.05) is 16.3 Å². The fourth-order valence-corrected chi connectivity index (χ4v) is 6.13. The van der Waals surface area contributed by atoms with E-state index in [-0.39, 0.29) is 39.6 Å². The summed E-state index contributed by atoms with van der Waals surface area (Å²) in [5.41, 5.74) is 0.664. The van der Waals surface area contributed by atoms with Crippen molar-refractivity contribution in [3.05, 3.63) is 169 Å². The third-order valence-electron chi connectivity index (χ3n) is 8.00. The van der Waals surface area contributed by atoms with Crippen LogP contribution in [0.15, 0.2) is 174 Å². The highest BCUT2D eigenvalue weighted by atomic mass is 16.3. The van der Waals surface area contributed by atoms with Crippen LogP contribution in [0.2, 0.25) is 0 Å². The Balaban J connectivity index is 1.49. The summed E-state index contributed by atoms with van der Waals surface area (Å²) in [6, 6.07) is 15.0. The molecule has 9 aromatic rings. The Bertz CT molecular complexity index is 3260. The Morgan fingerprint density at radius 3 is 1.60 bits per heavy atom. The maximum absolute atomic E-state index is 9.46. The number of para-hydroxylation sites is 1. The van der Waals surface area contributed by atoms with Gasteiger partial charge >= 0.3 is 0 Å². The van der Waals surface area contributed by atoms with E-state index < -0.39 is 89.7 Å². The number of benzene rings is 8. The van der Waals surface area contributed by atoms with E-state index >= 15 is 0 Å². The van der Waals surface area contributed by atoms with Crippen molar-refractivity contribution < 1.29 is 25.0 Å². The summed E-state index contributed by atoms with van der Waals surface area (Å²) in [6.07, 6.45) is 0. The molecule has 0 radical (unpaired) electrons. The number of fused-ring (bicyclic) bond motifs is 5. The van der Waals surface area contributed by atoms with Crippen LogP contribution in [0.5, 0.6) is 0 Å². The van der Waals surface area contributed by atoms with Crippen LogP contribution >= 0.6 is 0 Å². The summed E-state index contributed by atoms with van der Waals surface area (Å²) >= 11 is 0. The fourth-order valence-electron chi connectivity index (χ4n) is 6.13. The monoisotopic (exact) mass is 587 g/mol. The molecule has 0 aliphatic rings. The number of hydrogen-bond acceptors (Lipinski definition) is 1. The molecule has 1 heterocycles. The molecule has 0 saturated heterocycles. The minimum atomic E-state index is -0.682. The van der Waals surface area contributed by atoms with Gasteiger partial charge < -0.3 is 4.42 Å². The fraction of sp³-hybridized carbons (Fsp3) is 0. The SMILES string of the molecule is [2H]c1c([2H])c([2H])c(-c2c([2H])c([2H])c(-c3c4ccccc4c(-c4c(-c5ccccc5)c([2H])c([2H])c5oc6c([2H])c([2H])c([2H])c([2H])c6c45)c4ccccc34)c([2H])c2[2H])c([2H])c1[2H]. The first-order valence-corrected chi connectivity index (χ1v) is 14.2. The summed E-state index contributed by atoms with van der Waals surface area (Å²) in [6.45, 7) is 0. The largest absolute Gasteiger partial charge is 0.456 e. The summed E-state index contributed by atoms with van der Waals surface area (Å²) in [5, 5.41) is 2.12. The van der Waals surface area contributed by atoms with Crippen LogP contribution in [0.4, 0.5) is 0 Å². The molecule has 1 aromatic heterocycles. The second kappa shape index (κ2) is 10.4. The maximum Gasteiger partial charge on any atom is 0.136 e. The molecule has 0 unspecified atom stereocenters. The molecule has 0 aliphatic heterocycles. The van der Waals surface area contributed by atoms with Crippen molar-refractivity contribution in [3.63, 3.8) is 0 Å². The van der Waals surface area contributed by atoms with Gasteiger partial charge in [0.15, 0.2) is 0 Å². The lowest BCUT2D eigenvalue weighted by molar-refractivity contribution is 0.669. The van der Waals surface area contributed by atoms with Gasteiger partial charge in [-0.05, 0) is 72.6 Å². The summed E-state index contributed by atoms with van der Waals surface area (Å²) in [7, 11) is 0. The predicted octanol–water partition coefficient (Wildman–Crippen LogP) is 12.6. The molecular weight excluding hydrogens is 544 g/mol. The van der Waals surface area contributed by atoms with Crippen molar-refractivity contribution in [3.8, 4) is 44.5 Å². The zero-order chi connectivity index (χ0) is 42.8. The van der Waals surface area contributed by atoms with Crippen molar-refractivity contribution in [1.82, 2.24) is 0 Å². The Morgan fingerprint density at radius 2 is 0.911 bits per heavy atom. The van der Waals surface area contributed by atoms with Crippen LogP contribution in [0.3, 0.4) is 0 Å². The number of furan rings is 1. The van der Waals surface area contributed by atoms with Crippen LogP contribution in [0, 0.1) is 0 Å². The van der Waals surface area contributed by atoms with E-state index in [1.807, 2.05) is 0 Å². The molecule has 9 rings (SSSR count). The minimum Gasteiger partial charge on any atom is -0.456 e. The molecule has 45 heavy (non-hydrogen) atoms. The van der Waals surface area contributed by atoms with Gasteiger partial charge in [-0.2, -0.15) is 0 Å². The molecule has 1 heteroatoms. The van der Waals surface area contributed by atoms with Crippen molar-refractivity contribution in [2.45, 2.75) is 0 Å². The van der Waals surface area contributed by atoms with Crippen LogP contribution in [0.1, 0.15) is 20.6 Å². The molecule has 1 nitrogen and oxygen atoms in total. The van der Waals surface area contributed by atoms with E-state index in [2.05, 4.69) is 0 Å². The third kappa shape index (κ3) is 4.09. The van der Waals surface area contributed by atoms with Gasteiger partial charge in [-0.15, -0.1) is 0 Å². The first kappa shape index (κ1) is 14.7. The number of rotatable bonds is 4. The zero-order valence-electron chi connectivity index (χ0n) is 38.4. The first-order valence-electron chi connectivity index (χ1n) is 21.7. The second-order valence-corrected chi connectivity index (χ2v) is 10.5. The van der Waals surface area contributed by atoms with Crippen molar-refractivity contribution in [2.75, 3.05) is 0 Å². The van der Waals surface area contributed by atoms with E-state index in [9.17, 15) is 8.22 Å². The lowest BCUT2D eigenvalue weighted by Crippen LogP contribution is -1.93. The van der Waals surface area contributed by atoms with Crippen LogP contribution in [-0.4, -0.2) is 0 Å². The Morgan fingerprint density at radius 1 is 0.356 bits per heavy atom. The molecule has 0 saturated carbocycles. The normalized spacial score (nSPS) is 16.2. The molecule has 8 aromatic carbocycles. The third-order valence-corrected chi connectivity index (χ3v) is 8.00. The summed E-state index contributed by atoms with van der Waals surface area (Å²) in [4.78, 5) is 0. The van der Waals surface area contributed by atoms with Gasteiger partial charge in [-0.3, -0.25) is 0 Å². The molecule has 0 amide bonds. The molecule has 0 fully saturated rings. The summed E-state index contributed by atoms with van der Waals surface area (Å²) in [5.74, 6) is 0. The smallest absolute Gasteiger partial charge is 0.136 e. The molecule has 0 spiro atoms.